The topological polar surface area (TPSA) is 46.2 Å². The Bertz CT molecular complexity index is 426. The lowest BCUT2D eigenvalue weighted by atomic mass is 10.1. The molecule has 1 aromatic rings. The monoisotopic (exact) mass is 301 g/mol. The molecule has 1 aromatic carbocycles. The molecule has 5 heteroatoms. The number of hydrogen-bond acceptors (Lipinski definition) is 2. The second-order valence-corrected chi connectivity index (χ2v) is 4.88. The first-order chi connectivity index (χ1) is 7.90. The van der Waals surface area contributed by atoms with E-state index in [0.29, 0.717) is 4.47 Å². The molecule has 0 fully saturated rings. The number of Topliss-reactive ketones (excluding diaryl/α,β-unsaturated/α-hetero) is 1. The fourth-order valence-electron chi connectivity index (χ4n) is 1.16. The van der Waals surface area contributed by atoms with Crippen LogP contribution in [0.4, 0.5) is 4.39 Å². The number of benzene rings is 1. The summed E-state index contributed by atoms with van der Waals surface area (Å²) in [6, 6.07) is 3.88. The molecule has 0 saturated heterocycles. The maximum Gasteiger partial charge on any atom is 0.251 e. The van der Waals surface area contributed by atoms with Crippen LogP contribution >= 0.6 is 15.9 Å². The summed E-state index contributed by atoms with van der Waals surface area (Å²) in [4.78, 5) is 22.9. The molecule has 1 amide bonds. The van der Waals surface area contributed by atoms with E-state index in [-0.39, 0.29) is 23.8 Å². The Morgan fingerprint density at radius 3 is 2.53 bits per heavy atom. The van der Waals surface area contributed by atoms with Crippen LogP contribution in [-0.4, -0.2) is 18.2 Å². The second kappa shape index (κ2) is 5.91. The van der Waals surface area contributed by atoms with Crippen LogP contribution in [0.3, 0.4) is 0 Å². The predicted octanol–water partition coefficient (Wildman–Crippen LogP) is 2.54. The zero-order valence-corrected chi connectivity index (χ0v) is 11.2. The lowest BCUT2D eigenvalue weighted by Crippen LogP contribution is -2.31. The van der Waals surface area contributed by atoms with Crippen LogP contribution in [0.25, 0.3) is 0 Å². The van der Waals surface area contributed by atoms with E-state index in [4.69, 9.17) is 0 Å². The molecule has 0 heterocycles. The molecule has 0 spiro atoms. The first-order valence-corrected chi connectivity index (χ1v) is 5.96. The van der Waals surface area contributed by atoms with Crippen molar-refractivity contribution in [3.05, 3.63) is 34.1 Å². The Kier molecular flexibility index (Phi) is 4.81. The van der Waals surface area contributed by atoms with Gasteiger partial charge in [0.2, 0.25) is 0 Å². The quantitative estimate of drug-likeness (QED) is 0.929. The number of rotatable bonds is 4. The zero-order chi connectivity index (χ0) is 13.0. The van der Waals surface area contributed by atoms with Gasteiger partial charge in [-0.2, -0.15) is 0 Å². The van der Waals surface area contributed by atoms with Crippen molar-refractivity contribution in [1.29, 1.82) is 0 Å². The summed E-state index contributed by atoms with van der Waals surface area (Å²) in [7, 11) is 0. The van der Waals surface area contributed by atoms with Crippen LogP contribution in [-0.2, 0) is 4.79 Å². The van der Waals surface area contributed by atoms with Crippen molar-refractivity contribution in [2.24, 2.45) is 5.92 Å². The molecule has 3 nitrogen and oxygen atoms in total. The highest BCUT2D eigenvalue weighted by atomic mass is 79.9. The summed E-state index contributed by atoms with van der Waals surface area (Å²) in [6.07, 6.45) is 0. The van der Waals surface area contributed by atoms with Gasteiger partial charge in [-0.05, 0) is 18.2 Å². The van der Waals surface area contributed by atoms with Crippen molar-refractivity contribution in [2.75, 3.05) is 6.54 Å². The van der Waals surface area contributed by atoms with Crippen LogP contribution < -0.4 is 5.32 Å². The summed E-state index contributed by atoms with van der Waals surface area (Å²) in [5.74, 6) is -1.15. The molecule has 17 heavy (non-hydrogen) atoms. The molecule has 0 atom stereocenters. The summed E-state index contributed by atoms with van der Waals surface area (Å²) in [6.45, 7) is 3.48. The number of nitrogens with one attached hydrogen (secondary N) is 1. The minimum absolute atomic E-state index is 0.0371. The SMILES string of the molecule is CC(C)C(=O)CNC(=O)c1cc(F)cc(Br)c1. The number of ketones is 1. The van der Waals surface area contributed by atoms with Crippen molar-refractivity contribution in [3.8, 4) is 0 Å². The van der Waals surface area contributed by atoms with E-state index in [1.807, 2.05) is 0 Å². The fourth-order valence-corrected chi connectivity index (χ4v) is 1.62. The van der Waals surface area contributed by atoms with Gasteiger partial charge in [0.05, 0.1) is 6.54 Å². The highest BCUT2D eigenvalue weighted by molar-refractivity contribution is 9.10. The van der Waals surface area contributed by atoms with Crippen LogP contribution in [0.15, 0.2) is 22.7 Å². The second-order valence-electron chi connectivity index (χ2n) is 3.96. The van der Waals surface area contributed by atoms with E-state index >= 15 is 0 Å². The van der Waals surface area contributed by atoms with Crippen molar-refractivity contribution >= 4 is 27.6 Å². The molecule has 0 aliphatic carbocycles. The molecule has 0 saturated carbocycles. The van der Waals surface area contributed by atoms with Crippen LogP contribution in [0.5, 0.6) is 0 Å². The molecule has 0 aliphatic rings. The van der Waals surface area contributed by atoms with Crippen molar-refractivity contribution in [2.45, 2.75) is 13.8 Å². The molecule has 0 aliphatic heterocycles. The smallest absolute Gasteiger partial charge is 0.251 e. The Morgan fingerprint density at radius 2 is 2.00 bits per heavy atom. The average molecular weight is 302 g/mol. The third kappa shape index (κ3) is 4.26. The van der Waals surface area contributed by atoms with E-state index in [2.05, 4.69) is 21.2 Å². The molecule has 92 valence electrons. The molecule has 0 unspecified atom stereocenters. The van der Waals surface area contributed by atoms with Crippen molar-refractivity contribution < 1.29 is 14.0 Å². The molecular formula is C12H13BrFNO2. The van der Waals surface area contributed by atoms with Crippen molar-refractivity contribution in [1.82, 2.24) is 5.32 Å². The number of hydrogen-bond donors (Lipinski definition) is 1. The Balaban J connectivity index is 2.67. The van der Waals surface area contributed by atoms with E-state index in [0.717, 1.165) is 6.07 Å². The molecule has 0 radical (unpaired) electrons. The third-order valence-corrected chi connectivity index (χ3v) is 2.65. The summed E-state index contributed by atoms with van der Waals surface area (Å²) >= 11 is 3.10. The van der Waals surface area contributed by atoms with Gasteiger partial charge in [-0.25, -0.2) is 4.39 Å². The summed E-state index contributed by atoms with van der Waals surface area (Å²) in [5.41, 5.74) is 0.188. The molecule has 1 N–H and O–H groups in total. The maximum absolute atomic E-state index is 13.0. The first kappa shape index (κ1) is 13.8. The average Bonchev–Trinajstić information content (AvgIpc) is 2.23. The lowest BCUT2D eigenvalue weighted by Gasteiger charge is -2.07. The predicted molar refractivity (Wildman–Crippen MR) is 66.3 cm³/mol. The van der Waals surface area contributed by atoms with Crippen molar-refractivity contribution in [3.63, 3.8) is 0 Å². The van der Waals surface area contributed by atoms with E-state index in [9.17, 15) is 14.0 Å². The Morgan fingerprint density at radius 1 is 1.35 bits per heavy atom. The largest absolute Gasteiger partial charge is 0.345 e. The molecular weight excluding hydrogens is 289 g/mol. The van der Waals surface area contributed by atoms with Crippen LogP contribution in [0.2, 0.25) is 0 Å². The highest BCUT2D eigenvalue weighted by Crippen LogP contribution is 2.14. The van der Waals surface area contributed by atoms with Gasteiger partial charge in [0.15, 0.2) is 5.78 Å². The first-order valence-electron chi connectivity index (χ1n) is 5.17. The highest BCUT2D eigenvalue weighted by Gasteiger charge is 2.11. The van der Waals surface area contributed by atoms with Gasteiger partial charge in [0.25, 0.3) is 5.91 Å². The minimum Gasteiger partial charge on any atom is -0.345 e. The van der Waals surface area contributed by atoms with E-state index in [1.165, 1.54) is 12.1 Å². The fraction of sp³-hybridized carbons (Fsp3) is 0.333. The van der Waals surface area contributed by atoms with Gasteiger partial charge in [0, 0.05) is 16.0 Å². The maximum atomic E-state index is 13.0. The number of halogens is 2. The van der Waals surface area contributed by atoms with Gasteiger partial charge < -0.3 is 5.32 Å². The van der Waals surface area contributed by atoms with Crippen LogP contribution in [0.1, 0.15) is 24.2 Å². The Hall–Kier alpha value is -1.23. The van der Waals surface area contributed by atoms with E-state index < -0.39 is 11.7 Å². The van der Waals surface area contributed by atoms with Gasteiger partial charge >= 0.3 is 0 Å². The molecule has 0 aromatic heterocycles. The zero-order valence-electron chi connectivity index (χ0n) is 9.59. The normalized spacial score (nSPS) is 10.4. The molecule has 0 bridgehead atoms. The van der Waals surface area contributed by atoms with Gasteiger partial charge in [-0.3, -0.25) is 9.59 Å². The minimum atomic E-state index is -0.500. The Labute approximate surface area is 108 Å². The van der Waals surface area contributed by atoms with Gasteiger partial charge in [0.1, 0.15) is 5.82 Å². The lowest BCUT2D eigenvalue weighted by molar-refractivity contribution is -0.120. The standard InChI is InChI=1S/C12H13BrFNO2/c1-7(2)11(16)6-15-12(17)8-3-9(13)5-10(14)4-8/h3-5,7H,6H2,1-2H3,(H,15,17). The van der Waals surface area contributed by atoms with E-state index in [1.54, 1.807) is 13.8 Å². The number of carbonyl (C=O) groups is 2. The van der Waals surface area contributed by atoms with Gasteiger partial charge in [-0.1, -0.05) is 29.8 Å². The number of amides is 1. The third-order valence-electron chi connectivity index (χ3n) is 2.19. The summed E-state index contributed by atoms with van der Waals surface area (Å²) < 4.78 is 13.5. The summed E-state index contributed by atoms with van der Waals surface area (Å²) in [5, 5.41) is 2.46. The van der Waals surface area contributed by atoms with Crippen LogP contribution in [0, 0.1) is 11.7 Å². The van der Waals surface area contributed by atoms with Gasteiger partial charge in [-0.15, -0.1) is 0 Å². The number of carbonyl (C=O) groups excluding carboxylic acids is 2. The molecule has 1 rings (SSSR count).